The van der Waals surface area contributed by atoms with Crippen LogP contribution in [0, 0.1) is 0 Å². The van der Waals surface area contributed by atoms with Gasteiger partial charge in [0.15, 0.2) is 6.61 Å². The van der Waals surface area contributed by atoms with E-state index in [-0.39, 0.29) is 0 Å². The zero-order chi connectivity index (χ0) is 19.6. The van der Waals surface area contributed by atoms with Crippen LogP contribution in [0.15, 0.2) is 53.4 Å². The third kappa shape index (κ3) is 6.14. The molecule has 142 valence electrons. The number of rotatable bonds is 8. The van der Waals surface area contributed by atoms with Crippen molar-refractivity contribution in [2.75, 3.05) is 24.3 Å². The van der Waals surface area contributed by atoms with Gasteiger partial charge in [-0.2, -0.15) is 0 Å². The first-order valence-corrected chi connectivity index (χ1v) is 9.49. The Morgan fingerprint density at radius 3 is 2.30 bits per heavy atom. The topological polar surface area (TPSA) is 81.7 Å². The Morgan fingerprint density at radius 2 is 1.63 bits per heavy atom. The first kappa shape index (κ1) is 20.5. The Morgan fingerprint density at radius 1 is 0.926 bits per heavy atom. The molecule has 2 aromatic carbocycles. The van der Waals surface area contributed by atoms with Crippen LogP contribution < -0.4 is 5.32 Å². The molecule has 0 radical (unpaired) electrons. The predicted octanol–water partition coefficient (Wildman–Crippen LogP) is 3.77. The van der Waals surface area contributed by atoms with E-state index in [1.807, 2.05) is 19.1 Å². The maximum absolute atomic E-state index is 12.2. The van der Waals surface area contributed by atoms with Gasteiger partial charge in [-0.05, 0) is 49.1 Å². The Bertz CT molecular complexity index is 804. The van der Waals surface area contributed by atoms with E-state index in [1.54, 1.807) is 43.3 Å². The smallest absolute Gasteiger partial charge is 0.339 e. The fraction of sp³-hybridized carbons (Fsp3) is 0.250. The highest BCUT2D eigenvalue weighted by atomic mass is 32.2. The molecule has 7 heteroatoms. The molecule has 1 amide bonds. The lowest BCUT2D eigenvalue weighted by Crippen LogP contribution is -2.21. The van der Waals surface area contributed by atoms with Gasteiger partial charge in [-0.15, -0.1) is 11.8 Å². The molecule has 0 fully saturated rings. The summed E-state index contributed by atoms with van der Waals surface area (Å²) < 4.78 is 10.0. The average molecular weight is 387 g/mol. The summed E-state index contributed by atoms with van der Waals surface area (Å²) in [4.78, 5) is 36.6. The number of hydrogen-bond acceptors (Lipinski definition) is 6. The van der Waals surface area contributed by atoms with E-state index < -0.39 is 24.5 Å². The highest BCUT2D eigenvalue weighted by Gasteiger charge is 2.14. The number of esters is 2. The van der Waals surface area contributed by atoms with E-state index in [4.69, 9.17) is 9.47 Å². The first-order valence-electron chi connectivity index (χ1n) is 8.51. The van der Waals surface area contributed by atoms with Crippen molar-refractivity contribution in [2.24, 2.45) is 0 Å². The van der Waals surface area contributed by atoms with Crippen molar-refractivity contribution in [3.63, 3.8) is 0 Å². The monoisotopic (exact) mass is 387 g/mol. The van der Waals surface area contributed by atoms with Gasteiger partial charge < -0.3 is 14.8 Å². The number of ether oxygens (including phenoxy) is 2. The molecule has 1 N–H and O–H groups in total. The van der Waals surface area contributed by atoms with Crippen LogP contribution in [0.1, 0.15) is 34.6 Å². The lowest BCUT2D eigenvalue weighted by atomic mass is 10.2. The lowest BCUT2D eigenvalue weighted by molar-refractivity contribution is -0.119. The van der Waals surface area contributed by atoms with Crippen molar-refractivity contribution in [2.45, 2.75) is 18.7 Å². The second-order valence-electron chi connectivity index (χ2n) is 5.35. The number of hydrogen-bond donors (Lipinski definition) is 1. The molecule has 0 spiro atoms. The molecule has 0 aliphatic carbocycles. The second kappa shape index (κ2) is 10.4. The summed E-state index contributed by atoms with van der Waals surface area (Å²) in [7, 11) is 0. The molecule has 0 unspecified atom stereocenters. The van der Waals surface area contributed by atoms with Crippen LogP contribution >= 0.6 is 11.8 Å². The Labute approximate surface area is 162 Å². The van der Waals surface area contributed by atoms with E-state index in [1.165, 1.54) is 11.8 Å². The maximum atomic E-state index is 12.2. The van der Waals surface area contributed by atoms with E-state index in [2.05, 4.69) is 5.32 Å². The van der Waals surface area contributed by atoms with Gasteiger partial charge in [0, 0.05) is 10.6 Å². The SMILES string of the molecule is CCOC(=O)c1ccc(NC(=O)COC(=O)c2ccccc2SCC)cc1. The molecule has 0 bridgehead atoms. The molecular formula is C20H21NO5S. The first-order chi connectivity index (χ1) is 13.0. The summed E-state index contributed by atoms with van der Waals surface area (Å²) in [5.74, 6) is -0.604. The number of carbonyl (C=O) groups is 3. The van der Waals surface area contributed by atoms with Gasteiger partial charge >= 0.3 is 11.9 Å². The summed E-state index contributed by atoms with van der Waals surface area (Å²) in [6.07, 6.45) is 0. The quantitative estimate of drug-likeness (QED) is 0.548. The largest absolute Gasteiger partial charge is 0.462 e. The molecule has 0 aliphatic heterocycles. The minimum absolute atomic E-state index is 0.294. The predicted molar refractivity (Wildman–Crippen MR) is 104 cm³/mol. The fourth-order valence-corrected chi connectivity index (χ4v) is 3.02. The summed E-state index contributed by atoms with van der Waals surface area (Å²) >= 11 is 1.53. The highest BCUT2D eigenvalue weighted by Crippen LogP contribution is 2.22. The minimum Gasteiger partial charge on any atom is -0.462 e. The summed E-state index contributed by atoms with van der Waals surface area (Å²) in [5, 5.41) is 2.61. The van der Waals surface area contributed by atoms with Crippen molar-refractivity contribution in [3.05, 3.63) is 59.7 Å². The van der Waals surface area contributed by atoms with Gasteiger partial charge in [0.25, 0.3) is 5.91 Å². The molecule has 0 saturated heterocycles. The minimum atomic E-state index is -0.542. The van der Waals surface area contributed by atoms with Gasteiger partial charge in [-0.3, -0.25) is 4.79 Å². The number of carbonyl (C=O) groups excluding carboxylic acids is 3. The van der Waals surface area contributed by atoms with Crippen LogP contribution in [-0.4, -0.2) is 36.8 Å². The number of anilines is 1. The highest BCUT2D eigenvalue weighted by molar-refractivity contribution is 7.99. The number of benzene rings is 2. The number of thioether (sulfide) groups is 1. The van der Waals surface area contributed by atoms with E-state index in [0.717, 1.165) is 10.6 Å². The van der Waals surface area contributed by atoms with Crippen molar-refractivity contribution in [3.8, 4) is 0 Å². The standard InChI is InChI=1S/C20H21NO5S/c1-3-25-19(23)14-9-11-15(12-10-14)21-18(22)13-26-20(24)16-7-5-6-8-17(16)27-4-2/h5-12H,3-4,13H2,1-2H3,(H,21,22). The van der Waals surface area contributed by atoms with Crippen LogP contribution in [0.4, 0.5) is 5.69 Å². The van der Waals surface area contributed by atoms with E-state index in [9.17, 15) is 14.4 Å². The lowest BCUT2D eigenvalue weighted by Gasteiger charge is -2.09. The third-order valence-corrected chi connectivity index (χ3v) is 4.38. The van der Waals surface area contributed by atoms with Crippen molar-refractivity contribution in [1.29, 1.82) is 0 Å². The molecule has 0 saturated carbocycles. The van der Waals surface area contributed by atoms with Crippen molar-refractivity contribution >= 4 is 35.3 Å². The molecule has 2 rings (SSSR count). The molecule has 0 heterocycles. The van der Waals surface area contributed by atoms with Gasteiger partial charge in [-0.1, -0.05) is 19.1 Å². The van der Waals surface area contributed by atoms with E-state index >= 15 is 0 Å². The molecule has 0 aromatic heterocycles. The van der Waals surface area contributed by atoms with Crippen LogP contribution in [-0.2, 0) is 14.3 Å². The Kier molecular flexibility index (Phi) is 7.88. The average Bonchev–Trinajstić information content (AvgIpc) is 2.67. The van der Waals surface area contributed by atoms with Crippen LogP contribution in [0.3, 0.4) is 0 Å². The second-order valence-corrected chi connectivity index (χ2v) is 6.66. The molecule has 0 atom stereocenters. The van der Waals surface area contributed by atoms with Gasteiger partial charge in [0.05, 0.1) is 17.7 Å². The summed E-state index contributed by atoms with van der Waals surface area (Å²) in [6.45, 7) is 3.62. The maximum Gasteiger partial charge on any atom is 0.339 e. The molecule has 6 nitrogen and oxygen atoms in total. The van der Waals surface area contributed by atoms with E-state index in [0.29, 0.717) is 23.4 Å². The van der Waals surface area contributed by atoms with Crippen molar-refractivity contribution in [1.82, 2.24) is 0 Å². The van der Waals surface area contributed by atoms with Crippen LogP contribution in [0.2, 0.25) is 0 Å². The van der Waals surface area contributed by atoms with Gasteiger partial charge in [-0.25, -0.2) is 9.59 Å². The summed E-state index contributed by atoms with van der Waals surface area (Å²) in [6, 6.07) is 13.4. The molecule has 27 heavy (non-hydrogen) atoms. The Balaban J connectivity index is 1.89. The summed E-state index contributed by atoms with van der Waals surface area (Å²) in [5.41, 5.74) is 1.33. The normalized spacial score (nSPS) is 10.1. The zero-order valence-electron chi connectivity index (χ0n) is 15.2. The third-order valence-electron chi connectivity index (χ3n) is 3.42. The number of amides is 1. The molecule has 0 aliphatic rings. The van der Waals surface area contributed by atoms with Gasteiger partial charge in [0.1, 0.15) is 0 Å². The zero-order valence-corrected chi connectivity index (χ0v) is 16.0. The molecular weight excluding hydrogens is 366 g/mol. The number of nitrogens with one attached hydrogen (secondary N) is 1. The van der Waals surface area contributed by atoms with Crippen LogP contribution in [0.25, 0.3) is 0 Å². The Hall–Kier alpha value is -2.80. The fourth-order valence-electron chi connectivity index (χ4n) is 2.23. The molecule has 2 aromatic rings. The van der Waals surface area contributed by atoms with Gasteiger partial charge in [0.2, 0.25) is 0 Å². The van der Waals surface area contributed by atoms with Crippen LogP contribution in [0.5, 0.6) is 0 Å². The van der Waals surface area contributed by atoms with Crippen molar-refractivity contribution < 1.29 is 23.9 Å².